The maximum atomic E-state index is 11.6. The molecular weight excluding hydrogens is 220 g/mol. The van der Waals surface area contributed by atoms with Crippen molar-refractivity contribution < 1.29 is 19.1 Å². The van der Waals surface area contributed by atoms with Crippen LogP contribution in [-0.2, 0) is 19.1 Å². The van der Waals surface area contributed by atoms with Gasteiger partial charge < -0.3 is 9.47 Å². The number of carbonyl (C=O) groups is 2. The number of esters is 1. The van der Waals surface area contributed by atoms with Crippen LogP contribution in [0.4, 0.5) is 0 Å². The Morgan fingerprint density at radius 1 is 1.41 bits per heavy atom. The average Bonchev–Trinajstić information content (AvgIpc) is 2.87. The number of carbonyl (C=O) groups excluding carboxylic acids is 2. The van der Waals surface area contributed by atoms with Gasteiger partial charge in [0.2, 0.25) is 0 Å². The van der Waals surface area contributed by atoms with E-state index in [1.54, 1.807) is 6.92 Å². The first kappa shape index (κ1) is 12.3. The molecule has 0 N–H and O–H groups in total. The van der Waals surface area contributed by atoms with Gasteiger partial charge in [0, 0.05) is 12.0 Å². The lowest BCUT2D eigenvalue weighted by atomic mass is 9.86. The first-order chi connectivity index (χ1) is 8.06. The van der Waals surface area contributed by atoms with Crippen LogP contribution in [0.15, 0.2) is 12.2 Å². The fourth-order valence-corrected chi connectivity index (χ4v) is 2.58. The van der Waals surface area contributed by atoms with E-state index in [-0.39, 0.29) is 18.5 Å². The largest absolute Gasteiger partial charge is 0.454 e. The molecule has 2 fully saturated rings. The summed E-state index contributed by atoms with van der Waals surface area (Å²) in [6.45, 7) is 4.89. The molecule has 17 heavy (non-hydrogen) atoms. The Hall–Kier alpha value is -1.16. The zero-order valence-corrected chi connectivity index (χ0v) is 10.1. The quantitative estimate of drug-likeness (QED) is 0.539. The summed E-state index contributed by atoms with van der Waals surface area (Å²) in [4.78, 5) is 22.8. The Bertz CT molecular complexity index is 347. The molecule has 2 aliphatic rings. The molecule has 2 rings (SSSR count). The van der Waals surface area contributed by atoms with Gasteiger partial charge in [-0.05, 0) is 32.1 Å². The van der Waals surface area contributed by atoms with Crippen LogP contribution >= 0.6 is 0 Å². The van der Waals surface area contributed by atoms with Crippen molar-refractivity contribution in [2.75, 3.05) is 6.61 Å². The molecule has 4 nitrogen and oxygen atoms in total. The van der Waals surface area contributed by atoms with E-state index < -0.39 is 5.97 Å². The SMILES string of the molecule is C=C(C)C(=O)OCC(=O)CC1CC2CCC1O2. The highest BCUT2D eigenvalue weighted by atomic mass is 16.5. The molecule has 2 saturated heterocycles. The number of fused-ring (bicyclic) bond motifs is 2. The van der Waals surface area contributed by atoms with Crippen molar-refractivity contribution in [2.24, 2.45) is 5.92 Å². The Kier molecular flexibility index (Phi) is 3.62. The van der Waals surface area contributed by atoms with Crippen LogP contribution in [0.1, 0.15) is 32.6 Å². The van der Waals surface area contributed by atoms with E-state index in [1.165, 1.54) is 0 Å². The lowest BCUT2D eigenvalue weighted by Crippen LogP contribution is -2.23. The molecule has 2 heterocycles. The second-order valence-corrected chi connectivity index (χ2v) is 4.97. The number of hydrogen-bond donors (Lipinski definition) is 0. The summed E-state index contributed by atoms with van der Waals surface area (Å²) >= 11 is 0. The zero-order chi connectivity index (χ0) is 12.4. The molecule has 0 aromatic rings. The monoisotopic (exact) mass is 238 g/mol. The van der Waals surface area contributed by atoms with E-state index in [9.17, 15) is 9.59 Å². The lowest BCUT2D eigenvalue weighted by Gasteiger charge is -2.17. The summed E-state index contributed by atoms with van der Waals surface area (Å²) < 4.78 is 10.5. The van der Waals surface area contributed by atoms with Crippen molar-refractivity contribution in [3.8, 4) is 0 Å². The molecule has 0 aliphatic carbocycles. The Labute approximate surface area is 101 Å². The molecule has 0 aromatic heterocycles. The minimum Gasteiger partial charge on any atom is -0.454 e. The number of hydrogen-bond acceptors (Lipinski definition) is 4. The molecule has 0 saturated carbocycles. The highest BCUT2D eigenvalue weighted by Crippen LogP contribution is 2.40. The van der Waals surface area contributed by atoms with Gasteiger partial charge in [0.15, 0.2) is 5.78 Å². The van der Waals surface area contributed by atoms with Crippen LogP contribution in [0.3, 0.4) is 0 Å². The molecule has 0 amide bonds. The molecule has 3 unspecified atom stereocenters. The van der Waals surface area contributed by atoms with Crippen molar-refractivity contribution in [1.29, 1.82) is 0 Å². The maximum Gasteiger partial charge on any atom is 0.333 e. The predicted molar refractivity (Wildman–Crippen MR) is 61.4 cm³/mol. The van der Waals surface area contributed by atoms with Crippen LogP contribution in [-0.4, -0.2) is 30.6 Å². The predicted octanol–water partition coefficient (Wildman–Crippen LogP) is 1.63. The number of Topliss-reactive ketones (excluding diaryl/α,β-unsaturated/α-hetero) is 1. The normalized spacial score (nSPS) is 30.3. The lowest BCUT2D eigenvalue weighted by molar-refractivity contribution is -0.144. The van der Waals surface area contributed by atoms with Crippen molar-refractivity contribution in [3.63, 3.8) is 0 Å². The molecule has 2 bridgehead atoms. The topological polar surface area (TPSA) is 52.6 Å². The Balaban J connectivity index is 1.71. The van der Waals surface area contributed by atoms with Crippen molar-refractivity contribution in [3.05, 3.63) is 12.2 Å². The van der Waals surface area contributed by atoms with Crippen LogP contribution in [0.2, 0.25) is 0 Å². The summed E-state index contributed by atoms with van der Waals surface area (Å²) in [7, 11) is 0. The van der Waals surface area contributed by atoms with Crippen LogP contribution in [0.5, 0.6) is 0 Å². The number of ketones is 1. The highest BCUT2D eigenvalue weighted by Gasteiger charge is 2.41. The van der Waals surface area contributed by atoms with Gasteiger partial charge in [-0.25, -0.2) is 4.79 Å². The second-order valence-electron chi connectivity index (χ2n) is 4.97. The van der Waals surface area contributed by atoms with E-state index in [1.807, 2.05) is 0 Å². The maximum absolute atomic E-state index is 11.6. The Morgan fingerprint density at radius 2 is 2.18 bits per heavy atom. The molecule has 2 aliphatic heterocycles. The smallest absolute Gasteiger partial charge is 0.333 e. The van der Waals surface area contributed by atoms with E-state index >= 15 is 0 Å². The average molecular weight is 238 g/mol. The van der Waals surface area contributed by atoms with Crippen molar-refractivity contribution in [2.45, 2.75) is 44.8 Å². The summed E-state index contributed by atoms with van der Waals surface area (Å²) in [5, 5.41) is 0. The molecule has 3 atom stereocenters. The molecule has 0 spiro atoms. The van der Waals surface area contributed by atoms with Crippen LogP contribution in [0, 0.1) is 5.92 Å². The van der Waals surface area contributed by atoms with E-state index in [0.29, 0.717) is 24.0 Å². The third-order valence-corrected chi connectivity index (χ3v) is 3.43. The minimum absolute atomic E-state index is 0.0271. The van der Waals surface area contributed by atoms with Gasteiger partial charge in [-0.1, -0.05) is 6.58 Å². The third-order valence-electron chi connectivity index (χ3n) is 3.43. The summed E-state index contributed by atoms with van der Waals surface area (Å²) in [6.07, 6.45) is 4.24. The van der Waals surface area contributed by atoms with Crippen molar-refractivity contribution in [1.82, 2.24) is 0 Å². The van der Waals surface area contributed by atoms with E-state index in [0.717, 1.165) is 19.3 Å². The van der Waals surface area contributed by atoms with Gasteiger partial charge in [-0.15, -0.1) is 0 Å². The van der Waals surface area contributed by atoms with Gasteiger partial charge >= 0.3 is 5.97 Å². The van der Waals surface area contributed by atoms with Gasteiger partial charge in [-0.3, -0.25) is 4.79 Å². The summed E-state index contributed by atoms with van der Waals surface area (Å²) in [6, 6.07) is 0. The van der Waals surface area contributed by atoms with Gasteiger partial charge in [0.05, 0.1) is 12.2 Å². The van der Waals surface area contributed by atoms with Crippen LogP contribution < -0.4 is 0 Å². The molecule has 0 aromatic carbocycles. The fourth-order valence-electron chi connectivity index (χ4n) is 2.58. The third kappa shape index (κ3) is 2.94. The first-order valence-electron chi connectivity index (χ1n) is 6.06. The van der Waals surface area contributed by atoms with Crippen molar-refractivity contribution >= 4 is 11.8 Å². The molecule has 0 radical (unpaired) electrons. The van der Waals surface area contributed by atoms with Crippen LogP contribution in [0.25, 0.3) is 0 Å². The summed E-state index contributed by atoms with van der Waals surface area (Å²) in [5.41, 5.74) is 0.320. The number of ether oxygens (including phenoxy) is 2. The van der Waals surface area contributed by atoms with E-state index in [2.05, 4.69) is 6.58 Å². The molecular formula is C13H18O4. The second kappa shape index (κ2) is 5.00. The Morgan fingerprint density at radius 3 is 2.71 bits per heavy atom. The molecule has 94 valence electrons. The van der Waals surface area contributed by atoms with E-state index in [4.69, 9.17) is 9.47 Å². The minimum atomic E-state index is -0.498. The number of rotatable bonds is 5. The summed E-state index contributed by atoms with van der Waals surface area (Å²) in [5.74, 6) is -0.201. The highest BCUT2D eigenvalue weighted by molar-refractivity contribution is 5.89. The molecule has 4 heteroatoms. The first-order valence-corrected chi connectivity index (χ1v) is 6.06. The van der Waals surface area contributed by atoms with Gasteiger partial charge in [-0.2, -0.15) is 0 Å². The van der Waals surface area contributed by atoms with Gasteiger partial charge in [0.1, 0.15) is 6.61 Å². The standard InChI is InChI=1S/C13H18O4/c1-8(2)13(15)16-7-10(14)5-9-6-11-3-4-12(9)17-11/h9,11-12H,1,3-7H2,2H3. The van der Waals surface area contributed by atoms with Gasteiger partial charge in [0.25, 0.3) is 0 Å². The zero-order valence-electron chi connectivity index (χ0n) is 10.1. The fraction of sp³-hybridized carbons (Fsp3) is 0.692.